The molecule has 0 unspecified atom stereocenters. The van der Waals surface area contributed by atoms with Gasteiger partial charge >= 0.3 is 6.18 Å². The molecule has 0 saturated heterocycles. The van der Waals surface area contributed by atoms with Crippen LogP contribution in [0.5, 0.6) is 0 Å². The Bertz CT molecular complexity index is 1180. The molecule has 0 amide bonds. The predicted molar refractivity (Wildman–Crippen MR) is 100 cm³/mol. The number of allylic oxidation sites excluding steroid dienone is 1. The van der Waals surface area contributed by atoms with Crippen LogP contribution in [-0.4, -0.2) is 18.2 Å². The summed E-state index contributed by atoms with van der Waals surface area (Å²) in [5.41, 5.74) is -1.82. The third-order valence-electron chi connectivity index (χ3n) is 4.05. The molecule has 5 nitrogen and oxygen atoms in total. The Morgan fingerprint density at radius 2 is 1.69 bits per heavy atom. The molecule has 0 bridgehead atoms. The minimum Gasteiger partial charge on any atom is -0.235 e. The molecule has 3 rings (SSSR count). The minimum absolute atomic E-state index is 0.0219. The molecular formula is C19H15F4N3O2S. The second kappa shape index (κ2) is 7.45. The minimum atomic E-state index is -4.83. The number of sulfonamides is 1. The van der Waals surface area contributed by atoms with E-state index < -0.39 is 27.7 Å². The Hall–Kier alpha value is -2.98. The number of rotatable bonds is 4. The van der Waals surface area contributed by atoms with Crippen LogP contribution in [0.4, 0.5) is 17.6 Å². The predicted octanol–water partition coefficient (Wildman–Crippen LogP) is 4.51. The van der Waals surface area contributed by atoms with Crippen molar-refractivity contribution >= 4 is 16.2 Å². The number of benzene rings is 2. The van der Waals surface area contributed by atoms with Crippen molar-refractivity contribution in [1.82, 2.24) is 9.78 Å². The zero-order valence-electron chi connectivity index (χ0n) is 15.0. The van der Waals surface area contributed by atoms with E-state index in [0.717, 1.165) is 18.3 Å². The average Bonchev–Trinajstić information content (AvgIpc) is 3.01. The van der Waals surface area contributed by atoms with E-state index in [1.165, 1.54) is 49.4 Å². The van der Waals surface area contributed by atoms with Crippen molar-refractivity contribution in [3.05, 3.63) is 66.1 Å². The van der Waals surface area contributed by atoms with Gasteiger partial charge < -0.3 is 0 Å². The van der Waals surface area contributed by atoms with Gasteiger partial charge in [0.05, 0.1) is 4.90 Å². The summed E-state index contributed by atoms with van der Waals surface area (Å²) >= 11 is 0. The zero-order valence-corrected chi connectivity index (χ0v) is 15.8. The number of hydrogen-bond donors (Lipinski definition) is 1. The van der Waals surface area contributed by atoms with Gasteiger partial charge in [-0.2, -0.15) is 18.3 Å². The van der Waals surface area contributed by atoms with E-state index in [2.05, 4.69) is 5.10 Å². The van der Waals surface area contributed by atoms with Crippen LogP contribution in [0.15, 0.2) is 59.5 Å². The van der Waals surface area contributed by atoms with Crippen LogP contribution in [0.1, 0.15) is 12.6 Å². The number of halogens is 4. The van der Waals surface area contributed by atoms with Crippen LogP contribution >= 0.6 is 0 Å². The highest BCUT2D eigenvalue weighted by Crippen LogP contribution is 2.44. The Labute approximate surface area is 164 Å². The zero-order chi connectivity index (χ0) is 21.4. The molecule has 2 N–H and O–H groups in total. The number of hydrogen-bond acceptors (Lipinski definition) is 3. The highest BCUT2D eigenvalue weighted by atomic mass is 32.2. The molecule has 0 saturated carbocycles. The Balaban J connectivity index is 2.47. The van der Waals surface area contributed by atoms with Crippen molar-refractivity contribution in [2.45, 2.75) is 18.0 Å². The largest absolute Gasteiger partial charge is 0.434 e. The molecule has 0 atom stereocenters. The molecule has 0 spiro atoms. The van der Waals surface area contributed by atoms with E-state index >= 15 is 0 Å². The first-order valence-electron chi connectivity index (χ1n) is 8.24. The molecule has 1 heterocycles. The van der Waals surface area contributed by atoms with Gasteiger partial charge in [-0.3, -0.25) is 0 Å². The number of aromatic nitrogens is 2. The van der Waals surface area contributed by atoms with Crippen LogP contribution in [0.25, 0.3) is 28.6 Å². The molecule has 0 radical (unpaired) electrons. The van der Waals surface area contributed by atoms with Crippen molar-refractivity contribution in [3.63, 3.8) is 0 Å². The first-order valence-corrected chi connectivity index (χ1v) is 9.79. The molecule has 1 aromatic heterocycles. The molecule has 0 aliphatic heterocycles. The van der Waals surface area contributed by atoms with Gasteiger partial charge in [0.1, 0.15) is 11.5 Å². The second-order valence-electron chi connectivity index (χ2n) is 6.05. The fraction of sp³-hybridized carbons (Fsp3) is 0.105. The summed E-state index contributed by atoms with van der Waals surface area (Å²) in [4.78, 5) is -0.373. The van der Waals surface area contributed by atoms with Crippen LogP contribution in [0, 0.1) is 5.82 Å². The lowest BCUT2D eigenvalue weighted by atomic mass is 9.98. The first-order chi connectivity index (χ1) is 13.5. The number of primary sulfonamides is 1. The highest BCUT2D eigenvalue weighted by Gasteiger charge is 2.40. The molecular weight excluding hydrogens is 410 g/mol. The van der Waals surface area contributed by atoms with E-state index in [9.17, 15) is 26.0 Å². The van der Waals surface area contributed by atoms with Crippen molar-refractivity contribution in [1.29, 1.82) is 0 Å². The molecule has 0 fully saturated rings. The SMILES string of the molecule is CC=Cn1nc(-c2ccccc2S(N)(=O)=O)c(-c2ccc(F)cc2)c1C(F)(F)F. The Morgan fingerprint density at radius 1 is 1.07 bits per heavy atom. The fourth-order valence-electron chi connectivity index (χ4n) is 2.94. The molecule has 29 heavy (non-hydrogen) atoms. The molecule has 2 aromatic carbocycles. The monoisotopic (exact) mass is 425 g/mol. The maximum Gasteiger partial charge on any atom is 0.434 e. The van der Waals surface area contributed by atoms with E-state index in [-0.39, 0.29) is 27.3 Å². The summed E-state index contributed by atoms with van der Waals surface area (Å²) < 4.78 is 79.8. The normalized spacial score (nSPS) is 12.6. The molecule has 152 valence electrons. The summed E-state index contributed by atoms with van der Waals surface area (Å²) in [5, 5.41) is 9.25. The van der Waals surface area contributed by atoms with Crippen LogP contribution in [-0.2, 0) is 16.2 Å². The lowest BCUT2D eigenvalue weighted by molar-refractivity contribution is -0.142. The van der Waals surface area contributed by atoms with Crippen LogP contribution in [0.2, 0.25) is 0 Å². The lowest BCUT2D eigenvalue weighted by Crippen LogP contribution is -2.13. The van der Waals surface area contributed by atoms with Gasteiger partial charge in [-0.05, 0) is 30.7 Å². The molecule has 0 aliphatic carbocycles. The van der Waals surface area contributed by atoms with Gasteiger partial charge in [0.25, 0.3) is 0 Å². The van der Waals surface area contributed by atoms with Gasteiger partial charge in [0.15, 0.2) is 5.69 Å². The van der Waals surface area contributed by atoms with E-state index in [0.29, 0.717) is 4.68 Å². The van der Waals surface area contributed by atoms with Gasteiger partial charge in [-0.25, -0.2) is 22.6 Å². The average molecular weight is 425 g/mol. The highest BCUT2D eigenvalue weighted by molar-refractivity contribution is 7.89. The van der Waals surface area contributed by atoms with Crippen molar-refractivity contribution in [3.8, 4) is 22.4 Å². The maximum absolute atomic E-state index is 13.9. The fourth-order valence-corrected chi connectivity index (χ4v) is 3.68. The third kappa shape index (κ3) is 4.08. The summed E-state index contributed by atoms with van der Waals surface area (Å²) in [6.45, 7) is 1.51. The molecule has 3 aromatic rings. The van der Waals surface area contributed by atoms with Crippen LogP contribution < -0.4 is 5.14 Å². The third-order valence-corrected chi connectivity index (χ3v) is 5.02. The van der Waals surface area contributed by atoms with Crippen molar-refractivity contribution in [2.24, 2.45) is 5.14 Å². The molecule has 0 aliphatic rings. The first kappa shape index (κ1) is 20.7. The Kier molecular flexibility index (Phi) is 5.33. The maximum atomic E-state index is 13.9. The van der Waals surface area contributed by atoms with Gasteiger partial charge in [0, 0.05) is 17.3 Å². The lowest BCUT2D eigenvalue weighted by Gasteiger charge is -2.12. The van der Waals surface area contributed by atoms with Crippen LogP contribution in [0.3, 0.4) is 0 Å². The molecule has 10 heteroatoms. The van der Waals surface area contributed by atoms with E-state index in [4.69, 9.17) is 5.14 Å². The van der Waals surface area contributed by atoms with E-state index in [1.54, 1.807) is 0 Å². The number of nitrogens with zero attached hydrogens (tertiary/aromatic N) is 2. The van der Waals surface area contributed by atoms with Crippen molar-refractivity contribution < 1.29 is 26.0 Å². The van der Waals surface area contributed by atoms with Crippen molar-refractivity contribution in [2.75, 3.05) is 0 Å². The number of alkyl halides is 3. The van der Waals surface area contributed by atoms with Gasteiger partial charge in [-0.15, -0.1) is 0 Å². The smallest absolute Gasteiger partial charge is 0.235 e. The summed E-state index contributed by atoms with van der Waals surface area (Å²) in [5.74, 6) is -0.630. The quantitative estimate of drug-likeness (QED) is 0.625. The number of nitrogens with two attached hydrogens (primary N) is 1. The topological polar surface area (TPSA) is 78.0 Å². The standard InChI is InChI=1S/C19H15F4N3O2S/c1-2-11-26-18(19(21,22)23)16(12-7-9-13(20)10-8-12)17(25-26)14-5-3-4-6-15(14)29(24,27)28/h2-11H,1H3,(H2,24,27,28). The van der Waals surface area contributed by atoms with E-state index in [1.807, 2.05) is 0 Å². The Morgan fingerprint density at radius 3 is 2.24 bits per heavy atom. The summed E-state index contributed by atoms with van der Waals surface area (Å²) in [7, 11) is -4.25. The summed E-state index contributed by atoms with van der Waals surface area (Å²) in [6.07, 6.45) is -2.38. The summed E-state index contributed by atoms with van der Waals surface area (Å²) in [6, 6.07) is 9.72. The second-order valence-corrected chi connectivity index (χ2v) is 7.57. The van der Waals surface area contributed by atoms with Gasteiger partial charge in [-0.1, -0.05) is 36.4 Å². The van der Waals surface area contributed by atoms with Gasteiger partial charge in [0.2, 0.25) is 10.0 Å².